The lowest BCUT2D eigenvalue weighted by molar-refractivity contribution is -0.123. The second-order valence-electron chi connectivity index (χ2n) is 8.21. The molecule has 0 spiro atoms. The molecule has 0 fully saturated rings. The van der Waals surface area contributed by atoms with Crippen LogP contribution in [0.2, 0.25) is 0 Å². The van der Waals surface area contributed by atoms with Crippen LogP contribution in [0.5, 0.6) is 11.5 Å². The van der Waals surface area contributed by atoms with Gasteiger partial charge in [0.25, 0.3) is 5.91 Å². The van der Waals surface area contributed by atoms with Gasteiger partial charge in [-0.1, -0.05) is 63.2 Å². The van der Waals surface area contributed by atoms with Crippen LogP contribution in [-0.4, -0.2) is 25.8 Å². The molecule has 0 aliphatic carbocycles. The molecule has 0 atom stereocenters. The number of rotatable bonds is 6. The Hall–Kier alpha value is -3.34. The maximum Gasteiger partial charge on any atom is 0.277 e. The average Bonchev–Trinajstić information content (AvgIpc) is 2.72. The largest absolute Gasteiger partial charge is 0.496 e. The first-order chi connectivity index (χ1) is 14.3. The Labute approximate surface area is 177 Å². The van der Waals surface area contributed by atoms with Crippen LogP contribution in [0.15, 0.2) is 59.7 Å². The first-order valence-corrected chi connectivity index (χ1v) is 9.91. The van der Waals surface area contributed by atoms with Gasteiger partial charge in [-0.15, -0.1) is 0 Å². The average molecular weight is 405 g/mol. The predicted molar refractivity (Wildman–Crippen MR) is 122 cm³/mol. The molecule has 0 aromatic heterocycles. The van der Waals surface area contributed by atoms with Crippen LogP contribution in [0.1, 0.15) is 37.5 Å². The third kappa shape index (κ3) is 4.98. The molecule has 1 amide bonds. The Bertz CT molecular complexity index is 1080. The van der Waals surface area contributed by atoms with Gasteiger partial charge >= 0.3 is 0 Å². The topological polar surface area (TPSA) is 59.9 Å². The maximum atomic E-state index is 12.2. The van der Waals surface area contributed by atoms with Gasteiger partial charge in [0, 0.05) is 5.56 Å². The maximum absolute atomic E-state index is 12.2. The van der Waals surface area contributed by atoms with E-state index in [1.807, 2.05) is 55.5 Å². The van der Waals surface area contributed by atoms with Crippen LogP contribution in [0.3, 0.4) is 0 Å². The molecule has 5 nitrogen and oxygen atoms in total. The Morgan fingerprint density at radius 3 is 2.50 bits per heavy atom. The van der Waals surface area contributed by atoms with Gasteiger partial charge in [-0.3, -0.25) is 4.79 Å². The number of aryl methyl sites for hydroxylation is 1. The van der Waals surface area contributed by atoms with Crippen LogP contribution in [0, 0.1) is 6.92 Å². The second-order valence-corrected chi connectivity index (χ2v) is 8.21. The van der Waals surface area contributed by atoms with Crippen molar-refractivity contribution in [2.45, 2.75) is 33.1 Å². The van der Waals surface area contributed by atoms with Crippen molar-refractivity contribution in [2.24, 2.45) is 5.10 Å². The van der Waals surface area contributed by atoms with Crippen molar-refractivity contribution in [2.75, 3.05) is 13.7 Å². The monoisotopic (exact) mass is 404 g/mol. The summed E-state index contributed by atoms with van der Waals surface area (Å²) >= 11 is 0. The summed E-state index contributed by atoms with van der Waals surface area (Å²) in [6.07, 6.45) is 1.60. The molecule has 0 saturated heterocycles. The fraction of sp³-hybridized carbons (Fsp3) is 0.280. The zero-order chi connectivity index (χ0) is 21.7. The number of benzene rings is 3. The van der Waals surface area contributed by atoms with E-state index < -0.39 is 0 Å². The van der Waals surface area contributed by atoms with Crippen LogP contribution >= 0.6 is 0 Å². The van der Waals surface area contributed by atoms with Gasteiger partial charge < -0.3 is 9.47 Å². The smallest absolute Gasteiger partial charge is 0.277 e. The summed E-state index contributed by atoms with van der Waals surface area (Å²) in [6, 6.07) is 17.9. The number of carbonyl (C=O) groups is 1. The lowest BCUT2D eigenvalue weighted by Gasteiger charge is -2.20. The van der Waals surface area contributed by atoms with E-state index in [4.69, 9.17) is 9.47 Å². The van der Waals surface area contributed by atoms with Gasteiger partial charge in [0.05, 0.1) is 13.3 Å². The standard InChI is InChI=1S/C25H28N2O3/c1-17-14-19(25(2,3)4)11-13-22(17)30-16-24(28)27-26-15-21-20-9-7-6-8-18(20)10-12-23(21)29-5/h6-15H,16H2,1-5H3,(H,27,28)/b26-15-. The summed E-state index contributed by atoms with van der Waals surface area (Å²) in [5.74, 6) is 1.06. The minimum Gasteiger partial charge on any atom is -0.496 e. The molecule has 156 valence electrons. The molecule has 3 aromatic rings. The summed E-state index contributed by atoms with van der Waals surface area (Å²) in [4.78, 5) is 12.2. The minimum atomic E-state index is -0.329. The quantitative estimate of drug-likeness (QED) is 0.465. The van der Waals surface area contributed by atoms with Gasteiger partial charge in [0.2, 0.25) is 0 Å². The molecule has 30 heavy (non-hydrogen) atoms. The highest BCUT2D eigenvalue weighted by Gasteiger charge is 2.15. The van der Waals surface area contributed by atoms with E-state index in [2.05, 4.69) is 37.4 Å². The zero-order valence-corrected chi connectivity index (χ0v) is 18.2. The molecule has 1 N–H and O–H groups in total. The van der Waals surface area contributed by atoms with E-state index in [-0.39, 0.29) is 17.9 Å². The van der Waals surface area contributed by atoms with Crippen LogP contribution < -0.4 is 14.9 Å². The van der Waals surface area contributed by atoms with Gasteiger partial charge in [-0.2, -0.15) is 5.10 Å². The van der Waals surface area contributed by atoms with Crippen molar-refractivity contribution < 1.29 is 14.3 Å². The molecule has 0 unspecified atom stereocenters. The number of carbonyl (C=O) groups excluding carboxylic acids is 1. The highest BCUT2D eigenvalue weighted by atomic mass is 16.5. The van der Waals surface area contributed by atoms with E-state index in [9.17, 15) is 4.79 Å². The third-order valence-corrected chi connectivity index (χ3v) is 4.93. The number of amides is 1. The summed E-state index contributed by atoms with van der Waals surface area (Å²) in [5, 5.41) is 6.17. The molecule has 5 heteroatoms. The van der Waals surface area contributed by atoms with E-state index in [0.717, 1.165) is 21.9 Å². The number of nitrogens with one attached hydrogen (secondary N) is 1. The number of hydrogen-bond donors (Lipinski definition) is 1. The van der Waals surface area contributed by atoms with E-state index >= 15 is 0 Å². The number of fused-ring (bicyclic) bond motifs is 1. The molecule has 0 aliphatic heterocycles. The van der Waals surface area contributed by atoms with E-state index in [1.165, 1.54) is 5.56 Å². The first kappa shape index (κ1) is 21.4. The fourth-order valence-corrected chi connectivity index (χ4v) is 3.21. The van der Waals surface area contributed by atoms with Crippen LogP contribution in [-0.2, 0) is 10.2 Å². The van der Waals surface area contributed by atoms with Crippen LogP contribution in [0.25, 0.3) is 10.8 Å². The summed E-state index contributed by atoms with van der Waals surface area (Å²) in [5.41, 5.74) is 5.63. The molecule has 0 heterocycles. The molecule has 0 bridgehead atoms. The molecule has 3 rings (SSSR count). The van der Waals surface area contributed by atoms with Gasteiger partial charge in [0.15, 0.2) is 6.61 Å². The molecule has 0 aliphatic rings. The summed E-state index contributed by atoms with van der Waals surface area (Å²) in [6.45, 7) is 8.36. The van der Waals surface area contributed by atoms with Crippen molar-refractivity contribution in [3.8, 4) is 11.5 Å². The lowest BCUT2D eigenvalue weighted by atomic mass is 9.86. The number of ether oxygens (including phenoxy) is 2. The predicted octanol–water partition coefficient (Wildman–Crippen LogP) is 4.98. The van der Waals surface area contributed by atoms with Crippen molar-refractivity contribution in [3.05, 3.63) is 71.3 Å². The highest BCUT2D eigenvalue weighted by molar-refractivity contribution is 6.02. The SMILES string of the molecule is COc1ccc2ccccc2c1/C=N\NC(=O)COc1ccc(C(C)(C)C)cc1C. The lowest BCUT2D eigenvalue weighted by Crippen LogP contribution is -2.25. The molecule has 0 saturated carbocycles. The van der Waals surface area contributed by atoms with Crippen molar-refractivity contribution in [1.82, 2.24) is 5.43 Å². The zero-order valence-electron chi connectivity index (χ0n) is 18.2. The Kier molecular flexibility index (Phi) is 6.40. The molecule has 0 radical (unpaired) electrons. The fourth-order valence-electron chi connectivity index (χ4n) is 3.21. The summed E-state index contributed by atoms with van der Waals surface area (Å²) in [7, 11) is 1.61. The highest BCUT2D eigenvalue weighted by Crippen LogP contribution is 2.28. The minimum absolute atomic E-state index is 0.0675. The Balaban J connectivity index is 1.64. The number of nitrogens with zero attached hydrogens (tertiary/aromatic N) is 1. The number of hydrazone groups is 1. The van der Waals surface area contributed by atoms with Crippen molar-refractivity contribution in [1.29, 1.82) is 0 Å². The van der Waals surface area contributed by atoms with E-state index in [0.29, 0.717) is 11.5 Å². The number of hydrogen-bond acceptors (Lipinski definition) is 4. The van der Waals surface area contributed by atoms with Gasteiger partial charge in [-0.25, -0.2) is 5.43 Å². The molecular formula is C25H28N2O3. The molecular weight excluding hydrogens is 376 g/mol. The van der Waals surface area contributed by atoms with Gasteiger partial charge in [0.1, 0.15) is 11.5 Å². The van der Waals surface area contributed by atoms with Crippen molar-refractivity contribution in [3.63, 3.8) is 0 Å². The van der Waals surface area contributed by atoms with Crippen LogP contribution in [0.4, 0.5) is 0 Å². The molecule has 3 aromatic carbocycles. The second kappa shape index (κ2) is 8.99. The van der Waals surface area contributed by atoms with E-state index in [1.54, 1.807) is 13.3 Å². The first-order valence-electron chi connectivity index (χ1n) is 9.91. The summed E-state index contributed by atoms with van der Waals surface area (Å²) < 4.78 is 11.1. The Morgan fingerprint density at radius 1 is 1.07 bits per heavy atom. The Morgan fingerprint density at radius 2 is 1.80 bits per heavy atom. The van der Waals surface area contributed by atoms with Gasteiger partial charge in [-0.05, 0) is 46.4 Å². The number of methoxy groups -OCH3 is 1. The normalized spacial score (nSPS) is 11.6. The third-order valence-electron chi connectivity index (χ3n) is 4.93. The van der Waals surface area contributed by atoms with Crippen molar-refractivity contribution >= 4 is 22.9 Å².